The van der Waals surface area contributed by atoms with Crippen LogP contribution in [0.5, 0.6) is 0 Å². The highest BCUT2D eigenvalue weighted by Crippen LogP contribution is 2.33. The van der Waals surface area contributed by atoms with E-state index in [1.165, 1.54) is 47.0 Å². The summed E-state index contributed by atoms with van der Waals surface area (Å²) in [6.45, 7) is 4.57. The van der Waals surface area contributed by atoms with E-state index in [-0.39, 0.29) is 0 Å². The normalized spacial score (nSPS) is 16.6. The average molecular weight is 275 g/mol. The summed E-state index contributed by atoms with van der Waals surface area (Å²) in [6, 6.07) is 0. The van der Waals surface area contributed by atoms with E-state index < -0.39 is 0 Å². The number of rotatable bonds is 3. The molecule has 2 heterocycles. The second-order valence-electron chi connectivity index (χ2n) is 3.66. The first-order chi connectivity index (χ1) is 6.81. The molecule has 0 aliphatic carbocycles. The Bertz CT molecular complexity index is 305. The number of aromatic nitrogens is 1. The summed E-state index contributed by atoms with van der Waals surface area (Å²) in [5.74, 6) is 0. The van der Waals surface area contributed by atoms with Gasteiger partial charge in [-0.1, -0.05) is 24.7 Å². The molecule has 1 aliphatic heterocycles. The average Bonchev–Trinajstić information content (AvgIpc) is 2.76. The minimum atomic E-state index is 1.09. The van der Waals surface area contributed by atoms with Gasteiger partial charge in [-0.25, -0.2) is 4.98 Å². The van der Waals surface area contributed by atoms with E-state index in [2.05, 4.69) is 32.7 Å². The van der Waals surface area contributed by atoms with Crippen LogP contribution in [0.1, 0.15) is 31.9 Å². The van der Waals surface area contributed by atoms with Crippen molar-refractivity contribution in [1.82, 2.24) is 4.98 Å². The van der Waals surface area contributed by atoms with Crippen LogP contribution in [0.25, 0.3) is 0 Å². The Morgan fingerprint density at radius 2 is 2.14 bits per heavy atom. The fourth-order valence-electron chi connectivity index (χ4n) is 1.76. The van der Waals surface area contributed by atoms with Gasteiger partial charge in [0.05, 0.1) is 9.48 Å². The zero-order chi connectivity index (χ0) is 9.97. The summed E-state index contributed by atoms with van der Waals surface area (Å²) in [5, 5.41) is 1.21. The van der Waals surface area contributed by atoms with Gasteiger partial charge in [0.15, 0.2) is 5.13 Å². The van der Waals surface area contributed by atoms with Gasteiger partial charge in [-0.2, -0.15) is 0 Å². The third kappa shape index (κ3) is 2.11. The molecule has 4 heteroatoms. The maximum Gasteiger partial charge on any atom is 0.186 e. The van der Waals surface area contributed by atoms with Gasteiger partial charge in [0.1, 0.15) is 0 Å². The van der Waals surface area contributed by atoms with Crippen molar-refractivity contribution in [3.05, 3.63) is 9.48 Å². The van der Waals surface area contributed by atoms with Crippen LogP contribution in [0.4, 0.5) is 5.13 Å². The number of halogens is 1. The largest absolute Gasteiger partial charge is 0.348 e. The minimum absolute atomic E-state index is 1.09. The Morgan fingerprint density at radius 1 is 1.43 bits per heavy atom. The van der Waals surface area contributed by atoms with E-state index >= 15 is 0 Å². The van der Waals surface area contributed by atoms with Crippen molar-refractivity contribution in [3.8, 4) is 0 Å². The summed E-state index contributed by atoms with van der Waals surface area (Å²) in [4.78, 5) is 7.08. The molecule has 0 amide bonds. The minimum Gasteiger partial charge on any atom is -0.348 e. The van der Waals surface area contributed by atoms with Crippen molar-refractivity contribution in [3.63, 3.8) is 0 Å². The van der Waals surface area contributed by atoms with Crippen molar-refractivity contribution < 1.29 is 0 Å². The molecule has 0 atom stereocenters. The molecule has 0 radical (unpaired) electrons. The number of aryl methyl sites for hydroxylation is 1. The van der Waals surface area contributed by atoms with Crippen molar-refractivity contribution in [2.75, 3.05) is 18.0 Å². The van der Waals surface area contributed by atoms with Gasteiger partial charge in [0.25, 0.3) is 0 Å². The summed E-state index contributed by atoms with van der Waals surface area (Å²) in [5.41, 5.74) is 1.24. The first-order valence-electron chi connectivity index (χ1n) is 5.21. The summed E-state index contributed by atoms with van der Waals surface area (Å²) in [6.07, 6.45) is 4.90. The van der Waals surface area contributed by atoms with E-state index in [1.807, 2.05) is 0 Å². The number of hydrogen-bond donors (Lipinski definition) is 0. The number of nitrogens with zero attached hydrogens (tertiary/aromatic N) is 2. The Hall–Kier alpha value is -0.0900. The molecule has 0 saturated carbocycles. The van der Waals surface area contributed by atoms with Crippen LogP contribution in [0, 0.1) is 0 Å². The van der Waals surface area contributed by atoms with Gasteiger partial charge in [-0.3, -0.25) is 0 Å². The first-order valence-corrected chi connectivity index (χ1v) is 6.82. The molecule has 0 bridgehead atoms. The van der Waals surface area contributed by atoms with Crippen LogP contribution in [-0.2, 0) is 6.42 Å². The molecular weight excluding hydrogens is 260 g/mol. The summed E-state index contributed by atoms with van der Waals surface area (Å²) in [7, 11) is 0. The molecule has 78 valence electrons. The zero-order valence-electron chi connectivity index (χ0n) is 8.42. The molecule has 1 aliphatic rings. The molecule has 0 N–H and O–H groups in total. The lowest BCUT2D eigenvalue weighted by Gasteiger charge is -2.12. The zero-order valence-corrected chi connectivity index (χ0v) is 10.8. The van der Waals surface area contributed by atoms with Crippen molar-refractivity contribution in [2.24, 2.45) is 0 Å². The number of anilines is 1. The van der Waals surface area contributed by atoms with Gasteiger partial charge >= 0.3 is 0 Å². The third-order valence-electron chi connectivity index (χ3n) is 2.50. The molecule has 2 rings (SSSR count). The molecule has 1 aromatic heterocycles. The summed E-state index contributed by atoms with van der Waals surface area (Å²) < 4.78 is 1.22. The highest BCUT2D eigenvalue weighted by atomic mass is 79.9. The Labute approximate surface area is 97.5 Å². The van der Waals surface area contributed by atoms with Crippen LogP contribution in [0.3, 0.4) is 0 Å². The van der Waals surface area contributed by atoms with Crippen LogP contribution in [0.2, 0.25) is 0 Å². The van der Waals surface area contributed by atoms with Crippen LogP contribution >= 0.6 is 27.3 Å². The molecule has 1 fully saturated rings. The predicted molar refractivity (Wildman–Crippen MR) is 65.3 cm³/mol. The first kappa shape index (κ1) is 10.4. The standard InChI is InChI=1S/C10H15BrN2S/c1-2-5-8-9(11)14-10(12-8)13-6-3-4-7-13/h2-7H2,1H3. The second kappa shape index (κ2) is 4.62. The Kier molecular flexibility index (Phi) is 3.44. The van der Waals surface area contributed by atoms with E-state index in [0.717, 1.165) is 6.42 Å². The monoisotopic (exact) mass is 274 g/mol. The fraction of sp³-hybridized carbons (Fsp3) is 0.700. The van der Waals surface area contributed by atoms with Crippen molar-refractivity contribution >= 4 is 32.4 Å². The summed E-state index contributed by atoms with van der Waals surface area (Å²) >= 11 is 5.38. The number of hydrogen-bond acceptors (Lipinski definition) is 3. The molecule has 0 spiro atoms. The predicted octanol–water partition coefficient (Wildman–Crippen LogP) is 3.46. The quantitative estimate of drug-likeness (QED) is 0.839. The molecule has 14 heavy (non-hydrogen) atoms. The van der Waals surface area contributed by atoms with Crippen LogP contribution in [0.15, 0.2) is 3.79 Å². The Balaban J connectivity index is 2.14. The van der Waals surface area contributed by atoms with Gasteiger partial charge in [0, 0.05) is 13.1 Å². The van der Waals surface area contributed by atoms with Gasteiger partial charge in [-0.15, -0.1) is 0 Å². The van der Waals surface area contributed by atoms with Crippen molar-refractivity contribution in [1.29, 1.82) is 0 Å². The smallest absolute Gasteiger partial charge is 0.186 e. The topological polar surface area (TPSA) is 16.1 Å². The van der Waals surface area contributed by atoms with Gasteiger partial charge < -0.3 is 4.90 Å². The lowest BCUT2D eigenvalue weighted by molar-refractivity contribution is 0.875. The molecular formula is C10H15BrN2S. The van der Waals surface area contributed by atoms with E-state index in [1.54, 1.807) is 11.3 Å². The molecule has 0 unspecified atom stereocenters. The van der Waals surface area contributed by atoms with Crippen LogP contribution < -0.4 is 4.90 Å². The lowest BCUT2D eigenvalue weighted by atomic mass is 10.3. The lowest BCUT2D eigenvalue weighted by Crippen LogP contribution is -2.17. The van der Waals surface area contributed by atoms with E-state index in [9.17, 15) is 0 Å². The molecule has 0 aromatic carbocycles. The van der Waals surface area contributed by atoms with E-state index in [4.69, 9.17) is 0 Å². The van der Waals surface area contributed by atoms with Gasteiger partial charge in [-0.05, 0) is 35.2 Å². The second-order valence-corrected chi connectivity index (χ2v) is 5.96. The maximum atomic E-state index is 4.68. The maximum absolute atomic E-state index is 4.68. The van der Waals surface area contributed by atoms with Crippen molar-refractivity contribution in [2.45, 2.75) is 32.6 Å². The van der Waals surface area contributed by atoms with Gasteiger partial charge in [0.2, 0.25) is 0 Å². The highest BCUT2D eigenvalue weighted by Gasteiger charge is 2.17. The molecule has 2 nitrogen and oxygen atoms in total. The van der Waals surface area contributed by atoms with E-state index in [0.29, 0.717) is 0 Å². The fourth-order valence-corrected chi connectivity index (χ4v) is 3.37. The third-order valence-corrected chi connectivity index (χ3v) is 4.39. The Morgan fingerprint density at radius 3 is 2.79 bits per heavy atom. The van der Waals surface area contributed by atoms with Crippen LogP contribution in [-0.4, -0.2) is 18.1 Å². The molecule has 1 saturated heterocycles. The molecule has 1 aromatic rings. The SMILES string of the molecule is CCCc1nc(N2CCCC2)sc1Br. The highest BCUT2D eigenvalue weighted by molar-refractivity contribution is 9.11. The number of thiazole rings is 1.